The highest BCUT2D eigenvalue weighted by molar-refractivity contribution is 4.72. The van der Waals surface area contributed by atoms with Crippen molar-refractivity contribution in [1.82, 2.24) is 4.90 Å². The third kappa shape index (κ3) is 5.01. The van der Waals surface area contributed by atoms with Crippen LogP contribution in [0.3, 0.4) is 0 Å². The summed E-state index contributed by atoms with van der Waals surface area (Å²) < 4.78 is 0. The normalized spacial score (nSPS) is 23.4. The fraction of sp³-hybridized carbons (Fsp3) is 1.00. The molecule has 0 saturated carbocycles. The number of hydrogen-bond acceptors (Lipinski definition) is 1. The monoisotopic (exact) mass is 211 g/mol. The second-order valence-electron chi connectivity index (χ2n) is 5.43. The molecule has 0 radical (unpaired) electrons. The van der Waals surface area contributed by atoms with Gasteiger partial charge in [0.25, 0.3) is 0 Å². The Bertz CT molecular complexity index is 147. The van der Waals surface area contributed by atoms with Crippen molar-refractivity contribution in [3.8, 4) is 0 Å². The van der Waals surface area contributed by atoms with Crippen LogP contribution in [0, 0.1) is 5.92 Å². The first-order valence-corrected chi connectivity index (χ1v) is 6.98. The van der Waals surface area contributed by atoms with Crippen LogP contribution in [0.1, 0.15) is 65.7 Å². The van der Waals surface area contributed by atoms with Crippen LogP contribution in [0.2, 0.25) is 0 Å². The molecule has 1 saturated heterocycles. The lowest BCUT2D eigenvalue weighted by Gasteiger charge is -2.29. The van der Waals surface area contributed by atoms with Gasteiger partial charge >= 0.3 is 0 Å². The fourth-order valence-electron chi connectivity index (χ4n) is 2.88. The molecule has 0 aromatic carbocycles. The Balaban J connectivity index is 2.27. The van der Waals surface area contributed by atoms with E-state index in [1.807, 2.05) is 0 Å². The van der Waals surface area contributed by atoms with Crippen LogP contribution in [0.15, 0.2) is 0 Å². The van der Waals surface area contributed by atoms with Gasteiger partial charge in [0, 0.05) is 6.04 Å². The van der Waals surface area contributed by atoms with Crippen LogP contribution in [0.5, 0.6) is 0 Å². The van der Waals surface area contributed by atoms with E-state index >= 15 is 0 Å². The molecule has 0 amide bonds. The van der Waals surface area contributed by atoms with Gasteiger partial charge < -0.3 is 4.90 Å². The van der Waals surface area contributed by atoms with Gasteiger partial charge in [-0.05, 0) is 45.2 Å². The SMILES string of the molecule is CCCC(C)CC(C)N1CCCCCC1. The molecule has 90 valence electrons. The van der Waals surface area contributed by atoms with Gasteiger partial charge in [0.1, 0.15) is 0 Å². The van der Waals surface area contributed by atoms with Gasteiger partial charge in [-0.15, -0.1) is 0 Å². The summed E-state index contributed by atoms with van der Waals surface area (Å²) in [6, 6.07) is 0.810. The summed E-state index contributed by atoms with van der Waals surface area (Å²) in [5, 5.41) is 0. The molecule has 0 N–H and O–H groups in total. The maximum Gasteiger partial charge on any atom is 0.00694 e. The third-order valence-corrected chi connectivity index (χ3v) is 3.79. The van der Waals surface area contributed by atoms with E-state index in [0.717, 1.165) is 12.0 Å². The number of likely N-dealkylation sites (tertiary alicyclic amines) is 1. The molecule has 0 aliphatic carbocycles. The van der Waals surface area contributed by atoms with E-state index in [9.17, 15) is 0 Å². The van der Waals surface area contributed by atoms with Crippen molar-refractivity contribution in [1.29, 1.82) is 0 Å². The van der Waals surface area contributed by atoms with Crippen LogP contribution in [0.4, 0.5) is 0 Å². The highest BCUT2D eigenvalue weighted by Crippen LogP contribution is 2.19. The summed E-state index contributed by atoms with van der Waals surface area (Å²) in [4.78, 5) is 2.72. The second-order valence-corrected chi connectivity index (χ2v) is 5.43. The van der Waals surface area contributed by atoms with Gasteiger partial charge in [0.2, 0.25) is 0 Å². The van der Waals surface area contributed by atoms with Gasteiger partial charge in [-0.3, -0.25) is 0 Å². The van der Waals surface area contributed by atoms with Crippen LogP contribution >= 0.6 is 0 Å². The maximum absolute atomic E-state index is 2.72. The van der Waals surface area contributed by atoms with Gasteiger partial charge in [0.05, 0.1) is 0 Å². The van der Waals surface area contributed by atoms with E-state index in [1.54, 1.807) is 0 Å². The van der Waals surface area contributed by atoms with Crippen molar-refractivity contribution in [2.24, 2.45) is 5.92 Å². The smallest absolute Gasteiger partial charge is 0.00694 e. The molecule has 0 bridgehead atoms. The zero-order valence-corrected chi connectivity index (χ0v) is 11.0. The average molecular weight is 211 g/mol. The highest BCUT2D eigenvalue weighted by atomic mass is 15.1. The molecule has 0 spiro atoms. The predicted molar refractivity (Wildman–Crippen MR) is 68.2 cm³/mol. The summed E-state index contributed by atoms with van der Waals surface area (Å²) in [5.41, 5.74) is 0. The van der Waals surface area contributed by atoms with Crippen molar-refractivity contribution < 1.29 is 0 Å². The molecule has 1 fully saturated rings. The largest absolute Gasteiger partial charge is 0.301 e. The average Bonchev–Trinajstić information content (AvgIpc) is 2.45. The van der Waals surface area contributed by atoms with Crippen molar-refractivity contribution in [3.63, 3.8) is 0 Å². The predicted octanol–water partition coefficient (Wildman–Crippen LogP) is 4.08. The van der Waals surface area contributed by atoms with E-state index < -0.39 is 0 Å². The van der Waals surface area contributed by atoms with Gasteiger partial charge in [0.15, 0.2) is 0 Å². The molecular formula is C14H29N. The van der Waals surface area contributed by atoms with Crippen LogP contribution in [-0.4, -0.2) is 24.0 Å². The number of rotatable bonds is 5. The fourth-order valence-corrected chi connectivity index (χ4v) is 2.88. The Labute approximate surface area is 96.2 Å². The molecule has 1 rings (SSSR count). The Kier molecular flexibility index (Phi) is 6.31. The lowest BCUT2D eigenvalue weighted by atomic mass is 9.97. The minimum Gasteiger partial charge on any atom is -0.301 e. The molecule has 1 heterocycles. The molecule has 15 heavy (non-hydrogen) atoms. The molecule has 2 unspecified atom stereocenters. The Morgan fingerprint density at radius 1 is 1.00 bits per heavy atom. The summed E-state index contributed by atoms with van der Waals surface area (Å²) in [6.45, 7) is 9.84. The third-order valence-electron chi connectivity index (χ3n) is 3.79. The molecule has 1 nitrogen and oxygen atoms in total. The summed E-state index contributed by atoms with van der Waals surface area (Å²) in [6.07, 6.45) is 9.89. The topological polar surface area (TPSA) is 3.24 Å². The van der Waals surface area contributed by atoms with Crippen molar-refractivity contribution >= 4 is 0 Å². The molecule has 0 aromatic heterocycles. The van der Waals surface area contributed by atoms with E-state index in [0.29, 0.717) is 0 Å². The summed E-state index contributed by atoms with van der Waals surface area (Å²) in [7, 11) is 0. The molecule has 2 atom stereocenters. The standard InChI is InChI=1S/C14H29N/c1-4-9-13(2)12-14(3)15-10-7-5-6-8-11-15/h13-14H,4-12H2,1-3H3. The second kappa shape index (κ2) is 7.27. The lowest BCUT2D eigenvalue weighted by Crippen LogP contribution is -2.35. The van der Waals surface area contributed by atoms with E-state index in [-0.39, 0.29) is 0 Å². The van der Waals surface area contributed by atoms with Gasteiger partial charge in [-0.1, -0.05) is 39.5 Å². The molecule has 1 aliphatic rings. The van der Waals surface area contributed by atoms with Gasteiger partial charge in [-0.25, -0.2) is 0 Å². The molecular weight excluding hydrogens is 182 g/mol. The Morgan fingerprint density at radius 2 is 1.60 bits per heavy atom. The first kappa shape index (κ1) is 13.0. The highest BCUT2D eigenvalue weighted by Gasteiger charge is 2.17. The van der Waals surface area contributed by atoms with E-state index in [2.05, 4.69) is 25.7 Å². The van der Waals surface area contributed by atoms with Gasteiger partial charge in [-0.2, -0.15) is 0 Å². The zero-order chi connectivity index (χ0) is 11.1. The number of nitrogens with zero attached hydrogens (tertiary/aromatic N) is 1. The first-order valence-electron chi connectivity index (χ1n) is 6.98. The number of hydrogen-bond donors (Lipinski definition) is 0. The van der Waals surface area contributed by atoms with Crippen LogP contribution < -0.4 is 0 Å². The van der Waals surface area contributed by atoms with Crippen molar-refractivity contribution in [2.75, 3.05) is 13.1 Å². The summed E-state index contributed by atoms with van der Waals surface area (Å²) in [5.74, 6) is 0.910. The zero-order valence-electron chi connectivity index (χ0n) is 11.0. The Morgan fingerprint density at radius 3 is 2.13 bits per heavy atom. The van der Waals surface area contributed by atoms with Crippen LogP contribution in [-0.2, 0) is 0 Å². The molecule has 1 aliphatic heterocycles. The van der Waals surface area contributed by atoms with Crippen LogP contribution in [0.25, 0.3) is 0 Å². The minimum atomic E-state index is 0.810. The van der Waals surface area contributed by atoms with Crippen molar-refractivity contribution in [2.45, 2.75) is 71.8 Å². The maximum atomic E-state index is 2.72. The van der Waals surface area contributed by atoms with Crippen molar-refractivity contribution in [3.05, 3.63) is 0 Å². The summed E-state index contributed by atoms with van der Waals surface area (Å²) >= 11 is 0. The lowest BCUT2D eigenvalue weighted by molar-refractivity contribution is 0.187. The quantitative estimate of drug-likeness (QED) is 0.662. The van der Waals surface area contributed by atoms with E-state index in [1.165, 1.54) is 58.0 Å². The molecule has 0 aromatic rings. The molecule has 1 heteroatoms. The Hall–Kier alpha value is -0.0400. The first-order chi connectivity index (χ1) is 7.24. The minimum absolute atomic E-state index is 0.810. The van der Waals surface area contributed by atoms with E-state index in [4.69, 9.17) is 0 Å².